The lowest BCUT2D eigenvalue weighted by atomic mass is 10.2. The van der Waals surface area contributed by atoms with Crippen LogP contribution in [0.5, 0.6) is 0 Å². The largest absolute Gasteiger partial charge is 0.285 e. The molecule has 3 aromatic carbocycles. The van der Waals surface area contributed by atoms with Crippen LogP contribution in [-0.4, -0.2) is 14.2 Å². The molecule has 0 fully saturated rings. The number of benzene rings is 3. The maximum Gasteiger partial charge on any atom is 0.281 e. The maximum atomic E-state index is 13.4. The fraction of sp³-hybridized carbons (Fsp3) is 0. The summed E-state index contributed by atoms with van der Waals surface area (Å²) >= 11 is 12.3. The van der Waals surface area contributed by atoms with Crippen LogP contribution in [0, 0.1) is 0 Å². The van der Waals surface area contributed by atoms with Gasteiger partial charge in [0.25, 0.3) is 5.56 Å². The summed E-state index contributed by atoms with van der Waals surface area (Å²) < 4.78 is 2.97. The Bertz CT molecular complexity index is 1520. The summed E-state index contributed by atoms with van der Waals surface area (Å²) in [5.41, 5.74) is 0.920. The molecule has 5 aromatic rings. The van der Waals surface area contributed by atoms with Crippen molar-refractivity contribution in [2.24, 2.45) is 0 Å². The first-order chi connectivity index (χ1) is 13.5. The van der Waals surface area contributed by atoms with Crippen molar-refractivity contribution in [3.8, 4) is 5.69 Å². The van der Waals surface area contributed by atoms with Crippen LogP contribution in [0.3, 0.4) is 0 Å². The zero-order chi connectivity index (χ0) is 19.4. The summed E-state index contributed by atoms with van der Waals surface area (Å²) in [5.74, 6) is 0. The molecular weight excluding hydrogens is 397 g/mol. The molecule has 0 atom stereocenters. The van der Waals surface area contributed by atoms with E-state index >= 15 is 0 Å². The van der Waals surface area contributed by atoms with Crippen LogP contribution in [0.2, 0.25) is 10.0 Å². The topological polar surface area (TPSA) is 56.4 Å². The molecule has 2 heterocycles. The van der Waals surface area contributed by atoms with Crippen LogP contribution in [0.15, 0.2) is 76.3 Å². The van der Waals surface area contributed by atoms with Gasteiger partial charge >= 0.3 is 0 Å². The molecule has 7 heteroatoms. The van der Waals surface area contributed by atoms with Gasteiger partial charge in [-0.1, -0.05) is 41.4 Å². The van der Waals surface area contributed by atoms with Gasteiger partial charge < -0.3 is 0 Å². The average Bonchev–Trinajstić information content (AvgIpc) is 2.69. The summed E-state index contributed by atoms with van der Waals surface area (Å²) in [6, 6.07) is 19.1. The van der Waals surface area contributed by atoms with E-state index in [0.717, 1.165) is 0 Å². The van der Waals surface area contributed by atoms with Gasteiger partial charge in [0, 0.05) is 10.0 Å². The van der Waals surface area contributed by atoms with E-state index in [0.29, 0.717) is 37.5 Å². The molecule has 0 saturated heterocycles. The third-order valence-corrected chi connectivity index (χ3v) is 5.12. The lowest BCUT2D eigenvalue weighted by Crippen LogP contribution is -2.29. The fourth-order valence-electron chi connectivity index (χ4n) is 3.41. The molecule has 28 heavy (non-hydrogen) atoms. The molecule has 0 radical (unpaired) electrons. The molecule has 5 nitrogen and oxygen atoms in total. The Balaban J connectivity index is 2.14. The van der Waals surface area contributed by atoms with E-state index in [1.165, 1.54) is 4.52 Å². The molecule has 5 rings (SSSR count). The fourth-order valence-corrected chi connectivity index (χ4v) is 3.74. The highest BCUT2D eigenvalue weighted by Gasteiger charge is 2.17. The van der Waals surface area contributed by atoms with Crippen molar-refractivity contribution in [2.75, 3.05) is 0 Å². The lowest BCUT2D eigenvalue weighted by molar-refractivity contribution is 0.772. The Labute approximate surface area is 168 Å². The van der Waals surface area contributed by atoms with E-state index < -0.39 is 0 Å². The van der Waals surface area contributed by atoms with E-state index in [9.17, 15) is 9.59 Å². The molecule has 0 saturated carbocycles. The Morgan fingerprint density at radius 1 is 0.786 bits per heavy atom. The van der Waals surface area contributed by atoms with Crippen LogP contribution < -0.4 is 11.0 Å². The number of hydrogen-bond donors (Lipinski definition) is 0. The Kier molecular flexibility index (Phi) is 3.75. The summed E-state index contributed by atoms with van der Waals surface area (Å²) in [6.07, 6.45) is 0. The molecular formula is C21H11Cl2N3O2. The van der Waals surface area contributed by atoms with Crippen molar-refractivity contribution < 1.29 is 0 Å². The number of rotatable bonds is 1. The molecule has 0 aliphatic heterocycles. The molecule has 0 aliphatic carbocycles. The van der Waals surface area contributed by atoms with Gasteiger partial charge in [-0.3, -0.25) is 9.59 Å². The zero-order valence-electron chi connectivity index (χ0n) is 14.3. The number of aromatic nitrogens is 3. The van der Waals surface area contributed by atoms with E-state index in [-0.39, 0.29) is 16.6 Å². The highest BCUT2D eigenvalue weighted by molar-refractivity contribution is 6.31. The summed E-state index contributed by atoms with van der Waals surface area (Å²) in [7, 11) is 0. The van der Waals surface area contributed by atoms with Gasteiger partial charge in [0.15, 0.2) is 0 Å². The van der Waals surface area contributed by atoms with Gasteiger partial charge in [-0.2, -0.15) is 4.52 Å². The second-order valence-electron chi connectivity index (χ2n) is 6.35. The lowest BCUT2D eigenvalue weighted by Gasteiger charge is -2.16. The predicted octanol–water partition coefficient (Wildman–Crippen LogP) is 4.46. The molecule has 0 aliphatic rings. The van der Waals surface area contributed by atoms with Crippen molar-refractivity contribution in [1.82, 2.24) is 14.2 Å². The zero-order valence-corrected chi connectivity index (χ0v) is 15.8. The van der Waals surface area contributed by atoms with E-state index in [2.05, 4.69) is 4.98 Å². The van der Waals surface area contributed by atoms with Crippen molar-refractivity contribution in [3.05, 3.63) is 97.4 Å². The molecule has 0 amide bonds. The Morgan fingerprint density at radius 3 is 2.21 bits per heavy atom. The second-order valence-corrected chi connectivity index (χ2v) is 7.22. The van der Waals surface area contributed by atoms with E-state index in [1.54, 1.807) is 41.1 Å². The number of halogens is 2. The van der Waals surface area contributed by atoms with Crippen LogP contribution in [-0.2, 0) is 0 Å². The Morgan fingerprint density at radius 2 is 1.46 bits per heavy atom. The first-order valence-corrected chi connectivity index (χ1v) is 9.22. The first-order valence-electron chi connectivity index (χ1n) is 8.46. The van der Waals surface area contributed by atoms with Crippen LogP contribution in [0.25, 0.3) is 33.1 Å². The SMILES string of the molecule is O=c1c2ccc(Cl)cc2n(-c2ccccc2)n2c(=O)c3ccc(Cl)cc3nc12. The van der Waals surface area contributed by atoms with Gasteiger partial charge in [0.05, 0.1) is 27.5 Å². The quantitative estimate of drug-likeness (QED) is 0.385. The van der Waals surface area contributed by atoms with Crippen LogP contribution >= 0.6 is 23.2 Å². The van der Waals surface area contributed by atoms with Gasteiger partial charge in [-0.05, 0) is 48.5 Å². The average molecular weight is 408 g/mol. The van der Waals surface area contributed by atoms with Crippen molar-refractivity contribution in [1.29, 1.82) is 0 Å². The molecule has 2 aromatic heterocycles. The summed E-state index contributed by atoms with van der Waals surface area (Å²) in [4.78, 5) is 31.0. The highest BCUT2D eigenvalue weighted by Crippen LogP contribution is 2.22. The monoisotopic (exact) mass is 407 g/mol. The van der Waals surface area contributed by atoms with Gasteiger partial charge in [-0.15, -0.1) is 0 Å². The number of para-hydroxylation sites is 1. The minimum Gasteiger partial charge on any atom is -0.285 e. The highest BCUT2D eigenvalue weighted by atomic mass is 35.5. The minimum atomic E-state index is -0.362. The van der Waals surface area contributed by atoms with Crippen LogP contribution in [0.4, 0.5) is 0 Å². The minimum absolute atomic E-state index is 0.0263. The van der Waals surface area contributed by atoms with Gasteiger partial charge in [0.1, 0.15) is 0 Å². The van der Waals surface area contributed by atoms with Crippen molar-refractivity contribution >= 4 is 50.7 Å². The predicted molar refractivity (Wildman–Crippen MR) is 112 cm³/mol. The normalized spacial score (nSPS) is 11.5. The first kappa shape index (κ1) is 17.0. The maximum absolute atomic E-state index is 13.4. The van der Waals surface area contributed by atoms with Crippen molar-refractivity contribution in [3.63, 3.8) is 0 Å². The third kappa shape index (κ3) is 2.44. The van der Waals surface area contributed by atoms with Crippen LogP contribution in [0.1, 0.15) is 0 Å². The number of hydrogen-bond acceptors (Lipinski definition) is 3. The molecule has 0 spiro atoms. The summed E-state index contributed by atoms with van der Waals surface area (Å²) in [5, 5.41) is 1.69. The molecule has 0 bridgehead atoms. The third-order valence-electron chi connectivity index (χ3n) is 4.65. The molecule has 136 valence electrons. The molecule has 0 unspecified atom stereocenters. The number of nitrogens with zero attached hydrogens (tertiary/aromatic N) is 3. The number of fused-ring (bicyclic) bond motifs is 3. The molecule has 0 N–H and O–H groups in total. The standard InChI is InChI=1S/C21H11Cl2N3O2/c22-12-6-8-15-17(10-12)24-20-19(27)16-9-7-13(23)11-18(16)25(26(20)21(15)28)14-4-2-1-3-5-14/h1-11H. The van der Waals surface area contributed by atoms with Crippen molar-refractivity contribution in [2.45, 2.75) is 0 Å². The Hall–Kier alpha value is -3.15. The second kappa shape index (κ2) is 6.19. The van der Waals surface area contributed by atoms with E-state index in [4.69, 9.17) is 23.2 Å². The van der Waals surface area contributed by atoms with Gasteiger partial charge in [0.2, 0.25) is 11.1 Å². The van der Waals surface area contributed by atoms with E-state index in [1.807, 2.05) is 30.3 Å². The summed E-state index contributed by atoms with van der Waals surface area (Å²) in [6.45, 7) is 0. The smallest absolute Gasteiger partial charge is 0.281 e. The van der Waals surface area contributed by atoms with Gasteiger partial charge in [-0.25, -0.2) is 9.67 Å².